The van der Waals surface area contributed by atoms with Crippen LogP contribution < -0.4 is 5.32 Å². The molecule has 1 aromatic rings. The van der Waals surface area contributed by atoms with Crippen molar-refractivity contribution < 1.29 is 14.3 Å². The maximum Gasteiger partial charge on any atom is 0.338 e. The molecular weight excluding hydrogens is 334 g/mol. The Hall–Kier alpha value is -1.07. The van der Waals surface area contributed by atoms with E-state index in [1.54, 1.807) is 25.1 Å². The molecule has 19 heavy (non-hydrogen) atoms. The van der Waals surface area contributed by atoms with Gasteiger partial charge in [-0.15, -0.1) is 11.6 Å². The number of ether oxygens (including phenoxy) is 1. The maximum atomic E-state index is 11.6. The summed E-state index contributed by atoms with van der Waals surface area (Å²) in [6.07, 6.45) is 1.00. The Morgan fingerprint density at radius 3 is 2.74 bits per heavy atom. The first-order chi connectivity index (χ1) is 9.08. The van der Waals surface area contributed by atoms with E-state index in [0.29, 0.717) is 41.1 Å². The van der Waals surface area contributed by atoms with E-state index in [4.69, 9.17) is 16.3 Å². The van der Waals surface area contributed by atoms with E-state index in [9.17, 15) is 9.59 Å². The Labute approximate surface area is 125 Å². The minimum absolute atomic E-state index is 0.106. The van der Waals surface area contributed by atoms with Crippen molar-refractivity contribution in [3.8, 4) is 0 Å². The summed E-state index contributed by atoms with van der Waals surface area (Å²) in [6, 6.07) is 4.89. The number of carbonyl (C=O) groups excluding carboxylic acids is 2. The van der Waals surface area contributed by atoms with Crippen LogP contribution in [0.25, 0.3) is 0 Å². The lowest BCUT2D eigenvalue weighted by Gasteiger charge is -2.08. The van der Waals surface area contributed by atoms with Gasteiger partial charge in [0, 0.05) is 16.8 Å². The number of benzene rings is 1. The van der Waals surface area contributed by atoms with Crippen LogP contribution in [-0.2, 0) is 9.53 Å². The van der Waals surface area contributed by atoms with E-state index < -0.39 is 0 Å². The molecule has 0 aliphatic rings. The van der Waals surface area contributed by atoms with Crippen LogP contribution in [0.2, 0.25) is 0 Å². The molecule has 1 rings (SSSR count). The molecule has 0 atom stereocenters. The first-order valence-electron chi connectivity index (χ1n) is 5.91. The summed E-state index contributed by atoms with van der Waals surface area (Å²) in [4.78, 5) is 23.1. The summed E-state index contributed by atoms with van der Waals surface area (Å²) in [5.41, 5.74) is 1.06. The highest BCUT2D eigenvalue weighted by Crippen LogP contribution is 2.24. The van der Waals surface area contributed by atoms with Gasteiger partial charge >= 0.3 is 5.97 Å². The molecule has 0 unspecified atom stereocenters. The summed E-state index contributed by atoms with van der Waals surface area (Å²) in [5, 5.41) is 2.75. The van der Waals surface area contributed by atoms with Crippen LogP contribution >= 0.6 is 27.5 Å². The predicted molar refractivity (Wildman–Crippen MR) is 78.7 cm³/mol. The third-order valence-corrected chi connectivity index (χ3v) is 3.22. The second-order valence-corrected chi connectivity index (χ2v) is 4.99. The lowest BCUT2D eigenvalue weighted by Crippen LogP contribution is -2.12. The zero-order valence-corrected chi connectivity index (χ0v) is 12.9. The fourth-order valence-corrected chi connectivity index (χ4v) is 2.01. The Morgan fingerprint density at radius 2 is 2.16 bits per heavy atom. The van der Waals surface area contributed by atoms with Gasteiger partial charge < -0.3 is 10.1 Å². The standard InChI is InChI=1S/C13H15BrClNO3/c1-2-19-13(18)9-5-6-11(10(14)8-9)16-12(17)4-3-7-15/h5-6,8H,2-4,7H2,1H3,(H,16,17). The van der Waals surface area contributed by atoms with E-state index in [-0.39, 0.29) is 11.9 Å². The van der Waals surface area contributed by atoms with Crippen molar-refractivity contribution in [1.29, 1.82) is 0 Å². The Bertz CT molecular complexity index is 465. The minimum Gasteiger partial charge on any atom is -0.462 e. The first kappa shape index (κ1) is 16.0. The molecule has 0 aromatic heterocycles. The van der Waals surface area contributed by atoms with Crippen molar-refractivity contribution in [2.24, 2.45) is 0 Å². The van der Waals surface area contributed by atoms with Gasteiger partial charge in [-0.05, 0) is 47.5 Å². The van der Waals surface area contributed by atoms with E-state index in [1.807, 2.05) is 0 Å². The van der Waals surface area contributed by atoms with Gasteiger partial charge in [-0.3, -0.25) is 4.79 Å². The van der Waals surface area contributed by atoms with Crippen LogP contribution in [-0.4, -0.2) is 24.4 Å². The van der Waals surface area contributed by atoms with Crippen molar-refractivity contribution >= 4 is 45.1 Å². The number of hydrogen-bond acceptors (Lipinski definition) is 3. The molecule has 0 spiro atoms. The molecule has 1 amide bonds. The van der Waals surface area contributed by atoms with Gasteiger partial charge in [-0.1, -0.05) is 0 Å². The topological polar surface area (TPSA) is 55.4 Å². The van der Waals surface area contributed by atoms with Crippen molar-refractivity contribution in [1.82, 2.24) is 0 Å². The van der Waals surface area contributed by atoms with E-state index in [1.165, 1.54) is 0 Å². The van der Waals surface area contributed by atoms with E-state index in [2.05, 4.69) is 21.2 Å². The monoisotopic (exact) mass is 347 g/mol. The van der Waals surface area contributed by atoms with Crippen molar-refractivity contribution in [2.75, 3.05) is 17.8 Å². The van der Waals surface area contributed by atoms with Crippen LogP contribution in [0.15, 0.2) is 22.7 Å². The Kier molecular flexibility index (Phi) is 6.87. The molecule has 0 bridgehead atoms. The van der Waals surface area contributed by atoms with Crippen LogP contribution in [0.3, 0.4) is 0 Å². The molecule has 0 saturated carbocycles. The fraction of sp³-hybridized carbons (Fsp3) is 0.385. The zero-order valence-electron chi connectivity index (χ0n) is 10.5. The summed E-state index contributed by atoms with van der Waals surface area (Å²) in [7, 11) is 0. The van der Waals surface area contributed by atoms with Gasteiger partial charge in [0.1, 0.15) is 0 Å². The van der Waals surface area contributed by atoms with Crippen molar-refractivity contribution in [3.05, 3.63) is 28.2 Å². The molecule has 1 N–H and O–H groups in total. The zero-order chi connectivity index (χ0) is 14.3. The average molecular weight is 349 g/mol. The SMILES string of the molecule is CCOC(=O)c1ccc(NC(=O)CCCCl)c(Br)c1. The van der Waals surface area contributed by atoms with Crippen LogP contribution in [0.1, 0.15) is 30.1 Å². The highest BCUT2D eigenvalue weighted by Gasteiger charge is 2.10. The fourth-order valence-electron chi connectivity index (χ4n) is 1.40. The molecular formula is C13H15BrClNO3. The van der Waals surface area contributed by atoms with Crippen LogP contribution in [0.5, 0.6) is 0 Å². The van der Waals surface area contributed by atoms with Gasteiger partial charge in [-0.25, -0.2) is 4.79 Å². The number of anilines is 1. The summed E-state index contributed by atoms with van der Waals surface area (Å²) >= 11 is 8.84. The maximum absolute atomic E-state index is 11.6. The molecule has 0 saturated heterocycles. The molecule has 0 aliphatic carbocycles. The van der Waals surface area contributed by atoms with E-state index in [0.717, 1.165) is 0 Å². The summed E-state index contributed by atoms with van der Waals surface area (Å²) < 4.78 is 5.53. The normalized spacial score (nSPS) is 10.1. The molecule has 104 valence electrons. The summed E-state index contributed by atoms with van der Waals surface area (Å²) in [5.74, 6) is -0.0374. The minimum atomic E-state index is -0.386. The van der Waals surface area contributed by atoms with Crippen LogP contribution in [0, 0.1) is 0 Å². The van der Waals surface area contributed by atoms with Gasteiger partial charge in [0.25, 0.3) is 0 Å². The molecule has 4 nitrogen and oxygen atoms in total. The third-order valence-electron chi connectivity index (χ3n) is 2.29. The largest absolute Gasteiger partial charge is 0.462 e. The van der Waals surface area contributed by atoms with Crippen molar-refractivity contribution in [3.63, 3.8) is 0 Å². The number of rotatable bonds is 6. The van der Waals surface area contributed by atoms with Crippen LogP contribution in [0.4, 0.5) is 5.69 Å². The number of esters is 1. The molecule has 6 heteroatoms. The molecule has 0 heterocycles. The smallest absolute Gasteiger partial charge is 0.338 e. The quantitative estimate of drug-likeness (QED) is 0.631. The lowest BCUT2D eigenvalue weighted by molar-refractivity contribution is -0.116. The third kappa shape index (κ3) is 5.20. The van der Waals surface area contributed by atoms with Crippen molar-refractivity contribution in [2.45, 2.75) is 19.8 Å². The van der Waals surface area contributed by atoms with Gasteiger partial charge in [-0.2, -0.15) is 0 Å². The number of carbonyl (C=O) groups is 2. The Morgan fingerprint density at radius 1 is 1.42 bits per heavy atom. The number of alkyl halides is 1. The highest BCUT2D eigenvalue weighted by atomic mass is 79.9. The average Bonchev–Trinajstić information content (AvgIpc) is 2.39. The predicted octanol–water partition coefficient (Wildman–Crippen LogP) is 3.58. The lowest BCUT2D eigenvalue weighted by atomic mass is 10.2. The number of halogens is 2. The second kappa shape index (κ2) is 8.17. The molecule has 1 aromatic carbocycles. The van der Waals surface area contributed by atoms with Gasteiger partial charge in [0.2, 0.25) is 5.91 Å². The molecule has 0 radical (unpaired) electrons. The molecule has 0 aliphatic heterocycles. The molecule has 0 fully saturated rings. The second-order valence-electron chi connectivity index (χ2n) is 3.76. The van der Waals surface area contributed by atoms with E-state index >= 15 is 0 Å². The van der Waals surface area contributed by atoms with Gasteiger partial charge in [0.05, 0.1) is 17.9 Å². The number of amides is 1. The Balaban J connectivity index is 2.72. The number of hydrogen-bond donors (Lipinski definition) is 1. The highest BCUT2D eigenvalue weighted by molar-refractivity contribution is 9.10. The van der Waals surface area contributed by atoms with Gasteiger partial charge in [0.15, 0.2) is 0 Å². The first-order valence-corrected chi connectivity index (χ1v) is 7.23. The number of nitrogens with one attached hydrogen (secondary N) is 1. The summed E-state index contributed by atoms with van der Waals surface area (Å²) in [6.45, 7) is 2.08.